The van der Waals surface area contributed by atoms with Crippen LogP contribution >= 0.6 is 11.8 Å². The van der Waals surface area contributed by atoms with E-state index >= 15 is 0 Å². The zero-order valence-electron chi connectivity index (χ0n) is 23.2. The van der Waals surface area contributed by atoms with Crippen LogP contribution in [0.5, 0.6) is 0 Å². The van der Waals surface area contributed by atoms with Crippen molar-refractivity contribution in [3.8, 4) is 0 Å². The van der Waals surface area contributed by atoms with E-state index in [0.29, 0.717) is 23.5 Å². The Balaban J connectivity index is 1.14. The first-order valence-electron chi connectivity index (χ1n) is 13.9. The smallest absolute Gasteiger partial charge is 0.251 e. The van der Waals surface area contributed by atoms with Crippen LogP contribution in [-0.4, -0.2) is 86.3 Å². The molecule has 2 fully saturated rings. The Hall–Kier alpha value is -3.21. The molecule has 0 bridgehead atoms. The van der Waals surface area contributed by atoms with Gasteiger partial charge in [0.05, 0.1) is 18.9 Å². The van der Waals surface area contributed by atoms with Crippen molar-refractivity contribution in [1.82, 2.24) is 20.2 Å². The number of para-hydroxylation sites is 1. The molecule has 0 radical (unpaired) electrons. The summed E-state index contributed by atoms with van der Waals surface area (Å²) in [5.74, 6) is 1.43. The van der Waals surface area contributed by atoms with Gasteiger partial charge in [-0.05, 0) is 43.7 Å². The SMILES string of the molecule is Cc1nc(SCc2ccc(C(=O)NCCN3CCOCC3)cc2)nc(N2CCN(c3ccccc3F)CC2)c1C. The van der Waals surface area contributed by atoms with E-state index in [1.165, 1.54) is 6.07 Å². The standard InChI is InChI=1S/C30H37FN6O2S/c1-22-23(2)33-30(34-28(22)37-15-13-36(14-16-37)27-6-4-3-5-26(27)31)40-21-24-7-9-25(10-8-24)29(38)32-11-12-35-17-19-39-20-18-35/h3-10H,11-21H2,1-2H3,(H,32,38). The number of benzene rings is 2. The van der Waals surface area contributed by atoms with E-state index in [-0.39, 0.29) is 11.7 Å². The number of hydrogen-bond donors (Lipinski definition) is 1. The molecule has 0 atom stereocenters. The summed E-state index contributed by atoms with van der Waals surface area (Å²) in [6, 6.07) is 14.7. The number of carbonyl (C=O) groups is 1. The number of morpholine rings is 1. The second-order valence-electron chi connectivity index (χ2n) is 10.2. The summed E-state index contributed by atoms with van der Waals surface area (Å²) in [5, 5.41) is 3.75. The number of anilines is 2. The molecule has 40 heavy (non-hydrogen) atoms. The first kappa shape index (κ1) is 28.3. The fraction of sp³-hybridized carbons (Fsp3) is 0.433. The Bertz CT molecular complexity index is 1290. The van der Waals surface area contributed by atoms with Gasteiger partial charge in [0.1, 0.15) is 11.6 Å². The number of ether oxygens (including phenoxy) is 1. The number of nitrogens with zero attached hydrogens (tertiary/aromatic N) is 5. The van der Waals surface area contributed by atoms with Crippen molar-refractivity contribution >= 4 is 29.2 Å². The van der Waals surface area contributed by atoms with E-state index in [4.69, 9.17) is 14.7 Å². The number of carbonyl (C=O) groups excluding carboxylic acids is 1. The van der Waals surface area contributed by atoms with E-state index in [1.54, 1.807) is 17.8 Å². The van der Waals surface area contributed by atoms with Crippen molar-refractivity contribution in [3.63, 3.8) is 0 Å². The van der Waals surface area contributed by atoms with Gasteiger partial charge in [0.2, 0.25) is 0 Å². The molecular formula is C30H37FN6O2S. The first-order chi connectivity index (χ1) is 19.5. The number of halogens is 1. The van der Waals surface area contributed by atoms with Gasteiger partial charge in [-0.15, -0.1) is 0 Å². The van der Waals surface area contributed by atoms with E-state index in [2.05, 4.69) is 26.9 Å². The number of amides is 1. The fourth-order valence-corrected chi connectivity index (χ4v) is 5.82. The number of rotatable bonds is 9. The summed E-state index contributed by atoms with van der Waals surface area (Å²) < 4.78 is 19.6. The molecule has 10 heteroatoms. The van der Waals surface area contributed by atoms with Crippen LogP contribution < -0.4 is 15.1 Å². The number of hydrogen-bond acceptors (Lipinski definition) is 8. The quantitative estimate of drug-likeness (QED) is 0.310. The van der Waals surface area contributed by atoms with Crippen molar-refractivity contribution in [3.05, 3.63) is 76.7 Å². The van der Waals surface area contributed by atoms with E-state index in [1.807, 2.05) is 43.3 Å². The average Bonchev–Trinajstić information content (AvgIpc) is 2.99. The molecule has 5 rings (SSSR count). The molecule has 212 valence electrons. The van der Waals surface area contributed by atoms with Crippen molar-refractivity contribution in [2.24, 2.45) is 0 Å². The lowest BCUT2D eigenvalue weighted by molar-refractivity contribution is 0.0383. The molecule has 2 saturated heterocycles. The lowest BCUT2D eigenvalue weighted by Crippen LogP contribution is -2.47. The molecule has 0 spiro atoms. The molecule has 2 aromatic carbocycles. The summed E-state index contributed by atoms with van der Waals surface area (Å²) in [5.41, 5.74) is 4.47. The third kappa shape index (κ3) is 7.10. The van der Waals surface area contributed by atoms with Crippen molar-refractivity contribution in [1.29, 1.82) is 0 Å². The average molecular weight is 565 g/mol. The molecule has 0 unspecified atom stereocenters. The molecule has 1 amide bonds. The van der Waals surface area contributed by atoms with E-state index in [0.717, 1.165) is 86.8 Å². The number of aromatic nitrogens is 2. The molecule has 0 saturated carbocycles. The van der Waals surface area contributed by atoms with E-state index in [9.17, 15) is 9.18 Å². The third-order valence-corrected chi connectivity index (χ3v) is 8.44. The number of piperazine rings is 1. The Morgan fingerprint density at radius 3 is 2.38 bits per heavy atom. The Kier molecular flexibility index (Phi) is 9.51. The van der Waals surface area contributed by atoms with Gasteiger partial charge in [0.15, 0.2) is 5.16 Å². The summed E-state index contributed by atoms with van der Waals surface area (Å²) >= 11 is 1.59. The van der Waals surface area contributed by atoms with Crippen LogP contribution in [0.25, 0.3) is 0 Å². The molecule has 2 aliphatic heterocycles. The molecule has 1 aromatic heterocycles. The second kappa shape index (κ2) is 13.4. The van der Waals surface area contributed by atoms with Crippen LogP contribution in [0.2, 0.25) is 0 Å². The fourth-order valence-electron chi connectivity index (χ4n) is 4.98. The predicted molar refractivity (Wildman–Crippen MR) is 158 cm³/mol. The van der Waals surface area contributed by atoms with Crippen molar-refractivity contribution in [2.45, 2.75) is 24.8 Å². The topological polar surface area (TPSA) is 73.8 Å². The minimum atomic E-state index is -0.180. The summed E-state index contributed by atoms with van der Waals surface area (Å²) in [7, 11) is 0. The number of nitrogens with one attached hydrogen (secondary N) is 1. The molecule has 2 aliphatic rings. The van der Waals surface area contributed by atoms with Gasteiger partial charge in [0.25, 0.3) is 5.91 Å². The third-order valence-electron chi connectivity index (χ3n) is 7.52. The lowest BCUT2D eigenvalue weighted by Gasteiger charge is -2.37. The van der Waals surface area contributed by atoms with Crippen LogP contribution in [0, 0.1) is 19.7 Å². The minimum Gasteiger partial charge on any atom is -0.379 e. The maximum absolute atomic E-state index is 14.3. The van der Waals surface area contributed by atoms with Gasteiger partial charge < -0.3 is 19.9 Å². The Labute approximate surface area is 239 Å². The van der Waals surface area contributed by atoms with Crippen LogP contribution in [-0.2, 0) is 10.5 Å². The molecule has 8 nitrogen and oxygen atoms in total. The number of aryl methyl sites for hydroxylation is 1. The van der Waals surface area contributed by atoms with Crippen molar-refractivity contribution < 1.29 is 13.9 Å². The highest BCUT2D eigenvalue weighted by molar-refractivity contribution is 7.98. The predicted octanol–water partition coefficient (Wildman–Crippen LogP) is 3.91. The van der Waals surface area contributed by atoms with Gasteiger partial charge in [-0.25, -0.2) is 14.4 Å². The van der Waals surface area contributed by atoms with Crippen molar-refractivity contribution in [2.75, 3.05) is 75.4 Å². The molecule has 0 aliphatic carbocycles. The first-order valence-corrected chi connectivity index (χ1v) is 14.9. The molecule has 1 N–H and O–H groups in total. The Morgan fingerprint density at radius 1 is 0.950 bits per heavy atom. The second-order valence-corrected chi connectivity index (χ2v) is 11.1. The molecule has 3 aromatic rings. The lowest BCUT2D eigenvalue weighted by atomic mass is 10.1. The van der Waals surface area contributed by atoms with Crippen LogP contribution in [0.3, 0.4) is 0 Å². The Morgan fingerprint density at radius 2 is 1.65 bits per heavy atom. The van der Waals surface area contributed by atoms with Gasteiger partial charge in [-0.3, -0.25) is 9.69 Å². The highest BCUT2D eigenvalue weighted by Gasteiger charge is 2.23. The normalized spacial score (nSPS) is 16.3. The summed E-state index contributed by atoms with van der Waals surface area (Å²) in [4.78, 5) is 28.9. The van der Waals surface area contributed by atoms with Gasteiger partial charge >= 0.3 is 0 Å². The van der Waals surface area contributed by atoms with E-state index < -0.39 is 0 Å². The zero-order chi connectivity index (χ0) is 27.9. The number of thioether (sulfide) groups is 1. The van der Waals surface area contributed by atoms with Crippen LogP contribution in [0.1, 0.15) is 27.2 Å². The highest BCUT2D eigenvalue weighted by atomic mass is 32.2. The molecular weight excluding hydrogens is 527 g/mol. The summed E-state index contributed by atoms with van der Waals surface area (Å²) in [6.45, 7) is 11.9. The van der Waals surface area contributed by atoms with Crippen LogP contribution in [0.15, 0.2) is 53.7 Å². The highest BCUT2D eigenvalue weighted by Crippen LogP contribution is 2.28. The monoisotopic (exact) mass is 564 g/mol. The maximum Gasteiger partial charge on any atom is 0.251 e. The minimum absolute atomic E-state index is 0.0512. The largest absolute Gasteiger partial charge is 0.379 e. The van der Waals surface area contributed by atoms with Gasteiger partial charge in [0, 0.05) is 74.9 Å². The van der Waals surface area contributed by atoms with Gasteiger partial charge in [-0.2, -0.15) is 0 Å². The summed E-state index contributed by atoms with van der Waals surface area (Å²) in [6.07, 6.45) is 0. The van der Waals surface area contributed by atoms with Crippen LogP contribution in [0.4, 0.5) is 15.9 Å². The maximum atomic E-state index is 14.3. The van der Waals surface area contributed by atoms with Gasteiger partial charge in [-0.1, -0.05) is 36.0 Å². The zero-order valence-corrected chi connectivity index (χ0v) is 24.1. The molecule has 3 heterocycles.